The lowest BCUT2D eigenvalue weighted by molar-refractivity contribution is -0.383. The van der Waals surface area contributed by atoms with Crippen molar-refractivity contribution in [2.45, 2.75) is 0 Å². The molecule has 0 aliphatic rings. The van der Waals surface area contributed by atoms with Gasteiger partial charge >= 0.3 is 0 Å². The van der Waals surface area contributed by atoms with Crippen molar-refractivity contribution in [3.8, 4) is 5.75 Å². The van der Waals surface area contributed by atoms with Crippen LogP contribution >= 0.6 is 0 Å². The molecule has 2 amide bonds. The maximum atomic E-state index is 12.5. The van der Waals surface area contributed by atoms with Crippen molar-refractivity contribution in [3.63, 3.8) is 0 Å². The highest BCUT2D eigenvalue weighted by atomic mass is 16.6. The van der Waals surface area contributed by atoms with Crippen LogP contribution in [0.3, 0.4) is 0 Å². The number of nitro benzene ring substituents is 1. The zero-order valence-corrected chi connectivity index (χ0v) is 14.6. The molecule has 142 valence electrons. The van der Waals surface area contributed by atoms with Crippen molar-refractivity contribution >= 4 is 28.9 Å². The number of rotatable bonds is 6. The van der Waals surface area contributed by atoms with Crippen LogP contribution in [0.2, 0.25) is 0 Å². The maximum absolute atomic E-state index is 12.5. The minimum Gasteiger partial charge on any atom is -0.497 e. The number of hydrogen-bond acceptors (Lipinski definition) is 6. The molecule has 0 saturated heterocycles. The molecule has 3 rings (SSSR count). The Balaban J connectivity index is 1.78. The van der Waals surface area contributed by atoms with Gasteiger partial charge in [-0.25, -0.2) is 4.98 Å². The standard InChI is InChI=1S/C18H15N5O5/c1-28-12-8-6-11(7-9-12)21-17(24)15-16(20-10-19-15)18(25)22-13-4-2-3-5-14(13)23(26)27/h2-10H,1H3,(H,19,20)(H,21,24)(H,22,25). The van der Waals surface area contributed by atoms with Crippen LogP contribution in [0.25, 0.3) is 0 Å². The Bertz CT molecular complexity index is 1030. The Labute approximate surface area is 158 Å². The number of carbonyl (C=O) groups is 2. The fraction of sp³-hybridized carbons (Fsp3) is 0.0556. The summed E-state index contributed by atoms with van der Waals surface area (Å²) in [5, 5.41) is 16.1. The second kappa shape index (κ2) is 7.99. The number of amides is 2. The van der Waals surface area contributed by atoms with Gasteiger partial charge in [0.05, 0.1) is 18.4 Å². The molecule has 0 bridgehead atoms. The van der Waals surface area contributed by atoms with E-state index in [9.17, 15) is 19.7 Å². The monoisotopic (exact) mass is 381 g/mol. The zero-order valence-electron chi connectivity index (χ0n) is 14.6. The summed E-state index contributed by atoms with van der Waals surface area (Å²) >= 11 is 0. The van der Waals surface area contributed by atoms with Crippen LogP contribution < -0.4 is 15.4 Å². The van der Waals surface area contributed by atoms with E-state index in [0.717, 1.165) is 0 Å². The molecular weight excluding hydrogens is 366 g/mol. The van der Waals surface area contributed by atoms with Crippen molar-refractivity contribution in [3.05, 3.63) is 76.4 Å². The number of hydrogen-bond donors (Lipinski definition) is 3. The Morgan fingerprint density at radius 3 is 2.46 bits per heavy atom. The topological polar surface area (TPSA) is 139 Å². The number of methoxy groups -OCH3 is 1. The van der Waals surface area contributed by atoms with E-state index in [1.54, 1.807) is 30.3 Å². The van der Waals surface area contributed by atoms with Crippen LogP contribution in [0.15, 0.2) is 54.9 Å². The number of H-pyrrole nitrogens is 1. The summed E-state index contributed by atoms with van der Waals surface area (Å²) < 4.78 is 5.05. The van der Waals surface area contributed by atoms with E-state index in [1.165, 1.54) is 31.6 Å². The van der Waals surface area contributed by atoms with Crippen LogP contribution in [0, 0.1) is 10.1 Å². The van der Waals surface area contributed by atoms with Crippen molar-refractivity contribution in [1.29, 1.82) is 0 Å². The first-order chi connectivity index (χ1) is 13.5. The average molecular weight is 381 g/mol. The summed E-state index contributed by atoms with van der Waals surface area (Å²) in [5.74, 6) is -0.715. The van der Waals surface area contributed by atoms with Crippen LogP contribution in [0.4, 0.5) is 17.1 Å². The molecular formula is C18H15N5O5. The number of aromatic nitrogens is 2. The van der Waals surface area contributed by atoms with E-state index in [1.807, 2.05) is 0 Å². The predicted molar refractivity (Wildman–Crippen MR) is 101 cm³/mol. The molecule has 10 heteroatoms. The van der Waals surface area contributed by atoms with Gasteiger partial charge in [0, 0.05) is 11.8 Å². The minimum atomic E-state index is -0.730. The number of aromatic amines is 1. The van der Waals surface area contributed by atoms with E-state index in [-0.39, 0.29) is 22.8 Å². The number of nitrogens with zero attached hydrogens (tertiary/aromatic N) is 2. The molecule has 2 aromatic carbocycles. The second-order valence-electron chi connectivity index (χ2n) is 5.54. The van der Waals surface area contributed by atoms with Gasteiger partial charge in [-0.15, -0.1) is 0 Å². The highest BCUT2D eigenvalue weighted by molar-refractivity contribution is 6.13. The largest absolute Gasteiger partial charge is 0.497 e. The maximum Gasteiger partial charge on any atom is 0.292 e. The smallest absolute Gasteiger partial charge is 0.292 e. The summed E-state index contributed by atoms with van der Waals surface area (Å²) in [5.41, 5.74) is -0.0388. The summed E-state index contributed by atoms with van der Waals surface area (Å²) in [6.45, 7) is 0. The fourth-order valence-corrected chi connectivity index (χ4v) is 2.43. The highest BCUT2D eigenvalue weighted by Gasteiger charge is 2.23. The fourth-order valence-electron chi connectivity index (χ4n) is 2.43. The van der Waals surface area contributed by atoms with Crippen LogP contribution in [-0.2, 0) is 0 Å². The first kappa shape index (κ1) is 18.6. The minimum absolute atomic E-state index is 0.00797. The third-order valence-corrected chi connectivity index (χ3v) is 3.78. The van der Waals surface area contributed by atoms with Gasteiger partial charge in [0.25, 0.3) is 17.5 Å². The molecule has 0 atom stereocenters. The molecule has 10 nitrogen and oxygen atoms in total. The number of ether oxygens (including phenoxy) is 1. The van der Waals surface area contributed by atoms with E-state index in [4.69, 9.17) is 4.74 Å². The number of imidazole rings is 1. The number of benzene rings is 2. The summed E-state index contributed by atoms with van der Waals surface area (Å²) in [6, 6.07) is 12.3. The molecule has 0 saturated carbocycles. The molecule has 0 aliphatic heterocycles. The van der Waals surface area contributed by atoms with Gasteiger partial charge in [0.2, 0.25) is 0 Å². The zero-order chi connectivity index (χ0) is 20.1. The lowest BCUT2D eigenvalue weighted by atomic mass is 10.2. The molecule has 0 spiro atoms. The predicted octanol–water partition coefficient (Wildman–Crippen LogP) is 2.83. The summed E-state index contributed by atoms with van der Waals surface area (Å²) in [4.78, 5) is 41.9. The average Bonchev–Trinajstić information content (AvgIpc) is 3.19. The summed E-state index contributed by atoms with van der Waals surface area (Å²) in [7, 11) is 1.53. The van der Waals surface area contributed by atoms with Crippen LogP contribution in [-0.4, -0.2) is 33.8 Å². The van der Waals surface area contributed by atoms with Gasteiger partial charge in [-0.3, -0.25) is 19.7 Å². The normalized spacial score (nSPS) is 10.2. The number of anilines is 2. The number of nitro groups is 1. The van der Waals surface area contributed by atoms with E-state index >= 15 is 0 Å². The quantitative estimate of drug-likeness (QED) is 0.443. The van der Waals surface area contributed by atoms with Gasteiger partial charge in [0.15, 0.2) is 5.69 Å². The Hall–Kier alpha value is -4.21. The van der Waals surface area contributed by atoms with Gasteiger partial charge in [-0.05, 0) is 30.3 Å². The van der Waals surface area contributed by atoms with Crippen LogP contribution in [0.5, 0.6) is 5.75 Å². The number of nitrogens with one attached hydrogen (secondary N) is 3. The number of carbonyl (C=O) groups excluding carboxylic acids is 2. The van der Waals surface area contributed by atoms with Crippen molar-refractivity contribution < 1.29 is 19.2 Å². The molecule has 0 unspecified atom stereocenters. The third-order valence-electron chi connectivity index (χ3n) is 3.78. The van der Waals surface area contributed by atoms with Crippen molar-refractivity contribution in [2.24, 2.45) is 0 Å². The molecule has 0 fully saturated rings. The highest BCUT2D eigenvalue weighted by Crippen LogP contribution is 2.24. The van der Waals surface area contributed by atoms with Gasteiger partial charge < -0.3 is 20.4 Å². The second-order valence-corrected chi connectivity index (χ2v) is 5.54. The van der Waals surface area contributed by atoms with E-state index in [2.05, 4.69) is 20.6 Å². The molecule has 1 aromatic heterocycles. The van der Waals surface area contributed by atoms with Gasteiger partial charge in [-0.2, -0.15) is 0 Å². The molecule has 3 aromatic rings. The van der Waals surface area contributed by atoms with E-state index < -0.39 is 16.7 Å². The third kappa shape index (κ3) is 3.96. The molecule has 1 heterocycles. The SMILES string of the molecule is COc1ccc(NC(=O)c2nc[nH]c2C(=O)Nc2ccccc2[N+](=O)[O-])cc1. The van der Waals surface area contributed by atoms with Gasteiger partial charge in [0.1, 0.15) is 17.1 Å². The molecule has 0 radical (unpaired) electrons. The molecule has 0 aliphatic carbocycles. The molecule has 28 heavy (non-hydrogen) atoms. The number of para-hydroxylation sites is 2. The van der Waals surface area contributed by atoms with Crippen molar-refractivity contribution in [2.75, 3.05) is 17.7 Å². The Morgan fingerprint density at radius 1 is 1.07 bits per heavy atom. The van der Waals surface area contributed by atoms with Crippen LogP contribution in [0.1, 0.15) is 21.0 Å². The first-order valence-electron chi connectivity index (χ1n) is 8.03. The van der Waals surface area contributed by atoms with E-state index in [0.29, 0.717) is 11.4 Å². The lowest BCUT2D eigenvalue weighted by Gasteiger charge is -2.07. The van der Waals surface area contributed by atoms with Gasteiger partial charge in [-0.1, -0.05) is 12.1 Å². The van der Waals surface area contributed by atoms with Crippen molar-refractivity contribution in [1.82, 2.24) is 9.97 Å². The Morgan fingerprint density at radius 2 is 1.79 bits per heavy atom. The summed E-state index contributed by atoms with van der Waals surface area (Å²) in [6.07, 6.45) is 1.19. The lowest BCUT2D eigenvalue weighted by Crippen LogP contribution is -2.20. The first-order valence-corrected chi connectivity index (χ1v) is 8.03. The molecule has 3 N–H and O–H groups in total. The Kier molecular flexibility index (Phi) is 5.30.